The average molecular weight is 453 g/mol. The third-order valence-electron chi connectivity index (χ3n) is 5.23. The Morgan fingerprint density at radius 1 is 1.00 bits per heavy atom. The summed E-state index contributed by atoms with van der Waals surface area (Å²) in [6, 6.07) is 20.5. The van der Waals surface area contributed by atoms with Gasteiger partial charge in [0.15, 0.2) is 11.5 Å². The number of nitrogens with zero attached hydrogens (tertiary/aromatic N) is 1. The highest BCUT2D eigenvalue weighted by Gasteiger charge is 2.23. The van der Waals surface area contributed by atoms with Crippen molar-refractivity contribution in [2.24, 2.45) is 0 Å². The minimum atomic E-state index is -3.69. The van der Waals surface area contributed by atoms with Crippen LogP contribution in [-0.2, 0) is 10.0 Å². The lowest BCUT2D eigenvalue weighted by Crippen LogP contribution is -2.40. The number of carbonyl (C=O) groups excluding carboxylic acids is 1. The number of nitrogens with one attached hydrogen (secondary N) is 1. The summed E-state index contributed by atoms with van der Waals surface area (Å²) in [5, 5.41) is 2.83. The molecule has 1 N–H and O–H groups in total. The van der Waals surface area contributed by atoms with Crippen molar-refractivity contribution < 1.29 is 22.7 Å². The molecule has 3 aromatic carbocycles. The highest BCUT2D eigenvalue weighted by atomic mass is 32.2. The fourth-order valence-electron chi connectivity index (χ4n) is 3.30. The molecule has 0 saturated carbocycles. The molecule has 0 aliphatic carbocycles. The van der Waals surface area contributed by atoms with Gasteiger partial charge < -0.3 is 14.8 Å². The van der Waals surface area contributed by atoms with Gasteiger partial charge >= 0.3 is 0 Å². The molecule has 7 nitrogen and oxygen atoms in total. The molecule has 1 aliphatic heterocycles. The fourth-order valence-corrected chi connectivity index (χ4v) is 4.50. The number of hydrogen-bond acceptors (Lipinski definition) is 5. The normalized spacial score (nSPS) is 15.1. The number of rotatable bonds is 6. The summed E-state index contributed by atoms with van der Waals surface area (Å²) in [7, 11) is -2.20. The van der Waals surface area contributed by atoms with Crippen molar-refractivity contribution in [2.45, 2.75) is 17.9 Å². The number of para-hydroxylation sites is 2. The van der Waals surface area contributed by atoms with Crippen LogP contribution in [0.15, 0.2) is 77.7 Å². The maximum Gasteiger partial charge on any atom is 0.264 e. The smallest absolute Gasteiger partial charge is 0.264 e. The Bertz CT molecular complexity index is 1210. The molecule has 0 radical (unpaired) electrons. The third-order valence-corrected chi connectivity index (χ3v) is 7.03. The molecule has 8 heteroatoms. The van der Waals surface area contributed by atoms with E-state index in [0.717, 1.165) is 5.56 Å². The van der Waals surface area contributed by atoms with E-state index in [0.29, 0.717) is 29.4 Å². The van der Waals surface area contributed by atoms with Crippen LogP contribution < -0.4 is 19.1 Å². The van der Waals surface area contributed by atoms with Gasteiger partial charge in [0, 0.05) is 12.6 Å². The monoisotopic (exact) mass is 452 g/mol. The van der Waals surface area contributed by atoms with Gasteiger partial charge in [-0.1, -0.05) is 29.8 Å². The minimum absolute atomic E-state index is 0.212. The molecule has 1 heterocycles. The van der Waals surface area contributed by atoms with Crippen LogP contribution in [0, 0.1) is 6.92 Å². The Hall–Kier alpha value is -3.52. The zero-order valence-electron chi connectivity index (χ0n) is 17.8. The van der Waals surface area contributed by atoms with E-state index in [4.69, 9.17) is 9.47 Å². The lowest BCUT2D eigenvalue weighted by Gasteiger charge is -2.26. The topological polar surface area (TPSA) is 84.9 Å². The van der Waals surface area contributed by atoms with Gasteiger partial charge in [-0.2, -0.15) is 0 Å². The highest BCUT2D eigenvalue weighted by Crippen LogP contribution is 2.30. The van der Waals surface area contributed by atoms with Gasteiger partial charge in [0.1, 0.15) is 12.7 Å². The second-order valence-electron chi connectivity index (χ2n) is 7.54. The van der Waals surface area contributed by atoms with Gasteiger partial charge in [-0.15, -0.1) is 0 Å². The molecule has 3 aromatic rings. The van der Waals surface area contributed by atoms with Crippen molar-refractivity contribution in [1.29, 1.82) is 0 Å². The van der Waals surface area contributed by atoms with Crippen LogP contribution in [0.5, 0.6) is 11.5 Å². The molecule has 0 bridgehead atoms. The van der Waals surface area contributed by atoms with Crippen LogP contribution in [0.25, 0.3) is 0 Å². The average Bonchev–Trinajstić information content (AvgIpc) is 2.82. The van der Waals surface area contributed by atoms with Gasteiger partial charge in [-0.3, -0.25) is 9.10 Å². The van der Waals surface area contributed by atoms with Gasteiger partial charge in [-0.25, -0.2) is 8.42 Å². The highest BCUT2D eigenvalue weighted by molar-refractivity contribution is 7.92. The van der Waals surface area contributed by atoms with Gasteiger partial charge in [0.25, 0.3) is 15.9 Å². The summed E-state index contributed by atoms with van der Waals surface area (Å²) in [4.78, 5) is 12.7. The van der Waals surface area contributed by atoms with Crippen LogP contribution in [-0.4, -0.2) is 40.6 Å². The van der Waals surface area contributed by atoms with Crippen LogP contribution in [0.1, 0.15) is 15.9 Å². The number of fused-ring (bicyclic) bond motifs is 1. The van der Waals surface area contributed by atoms with Crippen LogP contribution in [0.3, 0.4) is 0 Å². The first-order chi connectivity index (χ1) is 15.3. The zero-order chi connectivity index (χ0) is 22.7. The Morgan fingerprint density at radius 2 is 1.66 bits per heavy atom. The summed E-state index contributed by atoms with van der Waals surface area (Å²) < 4.78 is 38.4. The number of benzene rings is 3. The van der Waals surface area contributed by atoms with E-state index in [1.165, 1.54) is 11.4 Å². The van der Waals surface area contributed by atoms with Crippen LogP contribution in [0.2, 0.25) is 0 Å². The molecule has 166 valence electrons. The Kier molecular flexibility index (Phi) is 6.05. The number of hydrogen-bond donors (Lipinski definition) is 1. The molecule has 1 aliphatic rings. The largest absolute Gasteiger partial charge is 0.486 e. The molecular formula is C24H24N2O5S. The van der Waals surface area contributed by atoms with E-state index in [1.54, 1.807) is 48.5 Å². The Balaban J connectivity index is 1.38. The molecule has 0 spiro atoms. The quantitative estimate of drug-likeness (QED) is 0.620. The lowest BCUT2D eigenvalue weighted by atomic mass is 10.2. The van der Waals surface area contributed by atoms with Gasteiger partial charge in [0.2, 0.25) is 0 Å². The van der Waals surface area contributed by atoms with E-state index in [2.05, 4.69) is 5.32 Å². The first-order valence-electron chi connectivity index (χ1n) is 10.2. The van der Waals surface area contributed by atoms with Crippen LogP contribution >= 0.6 is 0 Å². The van der Waals surface area contributed by atoms with E-state index in [-0.39, 0.29) is 23.5 Å². The molecule has 0 aromatic heterocycles. The maximum absolute atomic E-state index is 12.8. The summed E-state index contributed by atoms with van der Waals surface area (Å²) in [6.45, 7) is 2.53. The van der Waals surface area contributed by atoms with Crippen molar-refractivity contribution in [3.8, 4) is 11.5 Å². The molecule has 1 unspecified atom stereocenters. The summed E-state index contributed by atoms with van der Waals surface area (Å²) in [6.07, 6.45) is -0.293. The molecule has 1 atom stereocenters. The maximum atomic E-state index is 12.8. The molecular weight excluding hydrogens is 428 g/mol. The number of ether oxygens (including phenoxy) is 2. The van der Waals surface area contributed by atoms with Gasteiger partial charge in [0.05, 0.1) is 17.1 Å². The second kappa shape index (κ2) is 8.92. The van der Waals surface area contributed by atoms with E-state index in [9.17, 15) is 13.2 Å². The van der Waals surface area contributed by atoms with E-state index < -0.39 is 10.0 Å². The van der Waals surface area contributed by atoms with Crippen molar-refractivity contribution in [1.82, 2.24) is 5.32 Å². The summed E-state index contributed by atoms with van der Waals surface area (Å²) >= 11 is 0. The summed E-state index contributed by atoms with van der Waals surface area (Å²) in [5.74, 6) is 1.07. The number of anilines is 1. The van der Waals surface area contributed by atoms with Crippen molar-refractivity contribution in [3.63, 3.8) is 0 Å². The van der Waals surface area contributed by atoms with Crippen molar-refractivity contribution in [2.75, 3.05) is 24.5 Å². The molecule has 0 fully saturated rings. The van der Waals surface area contributed by atoms with Crippen LogP contribution in [0.4, 0.5) is 5.69 Å². The molecule has 32 heavy (non-hydrogen) atoms. The van der Waals surface area contributed by atoms with Gasteiger partial charge in [-0.05, 0) is 55.5 Å². The molecule has 1 amide bonds. The number of carbonyl (C=O) groups is 1. The molecule has 4 rings (SSSR count). The van der Waals surface area contributed by atoms with Crippen molar-refractivity contribution in [3.05, 3.63) is 83.9 Å². The molecule has 0 saturated heterocycles. The number of sulfonamides is 1. The standard InChI is InChI=1S/C24H24N2O5S/c1-17-7-13-21(14-8-17)32(28,29)26(2)19-11-9-18(10-12-19)24(27)25-15-20-16-30-22-5-3-4-6-23(22)31-20/h3-14,20H,15-16H2,1-2H3,(H,25,27). The third kappa shape index (κ3) is 4.55. The van der Waals surface area contributed by atoms with E-state index in [1.807, 2.05) is 31.2 Å². The zero-order valence-corrected chi connectivity index (χ0v) is 18.6. The summed E-state index contributed by atoms with van der Waals surface area (Å²) in [5.41, 5.74) is 1.87. The minimum Gasteiger partial charge on any atom is -0.486 e. The fraction of sp³-hybridized carbons (Fsp3) is 0.208. The Labute approximate surface area is 187 Å². The number of aryl methyl sites for hydroxylation is 1. The SMILES string of the molecule is Cc1ccc(S(=O)(=O)N(C)c2ccc(C(=O)NCC3COc4ccccc4O3)cc2)cc1. The Morgan fingerprint density at radius 3 is 2.34 bits per heavy atom. The predicted octanol–water partition coefficient (Wildman–Crippen LogP) is 3.39. The second-order valence-corrected chi connectivity index (χ2v) is 9.51. The lowest BCUT2D eigenvalue weighted by molar-refractivity contribution is 0.0789. The van der Waals surface area contributed by atoms with E-state index >= 15 is 0 Å². The first-order valence-corrected chi connectivity index (χ1v) is 11.6. The van der Waals surface area contributed by atoms with Crippen molar-refractivity contribution >= 4 is 21.6 Å². The first kappa shape index (κ1) is 21.7. The predicted molar refractivity (Wildman–Crippen MR) is 122 cm³/mol. The number of amides is 1.